The molecule has 1 amide bonds. The number of nitrogens with one attached hydrogen (secondary N) is 1. The second-order valence-corrected chi connectivity index (χ2v) is 8.41. The van der Waals surface area contributed by atoms with Gasteiger partial charge in [0, 0.05) is 38.2 Å². The number of carbonyl (C=O) groups excluding carboxylic acids is 1. The van der Waals surface area contributed by atoms with Crippen molar-refractivity contribution in [1.29, 1.82) is 0 Å². The summed E-state index contributed by atoms with van der Waals surface area (Å²) in [6.45, 7) is 4.84. The van der Waals surface area contributed by atoms with E-state index in [9.17, 15) is 4.79 Å². The molecule has 1 aromatic heterocycles. The third-order valence-corrected chi connectivity index (χ3v) is 6.86. The largest absolute Gasteiger partial charge is 0.381 e. The van der Waals surface area contributed by atoms with Gasteiger partial charge in [0.15, 0.2) is 0 Å². The van der Waals surface area contributed by atoms with Crippen molar-refractivity contribution in [3.8, 4) is 0 Å². The quantitative estimate of drug-likeness (QED) is 0.879. The molecule has 0 aliphatic carbocycles. The van der Waals surface area contributed by atoms with Crippen LogP contribution in [0, 0.1) is 5.92 Å². The maximum Gasteiger partial charge on any atom is 0.222 e. The van der Waals surface area contributed by atoms with Crippen LogP contribution < -0.4 is 5.32 Å². The molecule has 0 spiro atoms. The van der Waals surface area contributed by atoms with Crippen LogP contribution in [0.4, 0.5) is 0 Å². The molecule has 2 atom stereocenters. The van der Waals surface area contributed by atoms with Crippen LogP contribution in [0.2, 0.25) is 0 Å². The number of amides is 1. The number of aromatic nitrogens is 1. The molecule has 3 aliphatic rings. The second kappa shape index (κ2) is 8.13. The van der Waals surface area contributed by atoms with Crippen LogP contribution >= 0.6 is 0 Å². The number of hydrogen-bond acceptors (Lipinski definition) is 3. The smallest absolute Gasteiger partial charge is 0.222 e. The zero-order valence-corrected chi connectivity index (χ0v) is 15.9. The lowest BCUT2D eigenvalue weighted by Crippen LogP contribution is -2.51. The molecule has 4 heterocycles. The van der Waals surface area contributed by atoms with Crippen LogP contribution in [0.3, 0.4) is 0 Å². The van der Waals surface area contributed by atoms with E-state index in [0.717, 1.165) is 32.6 Å². The third kappa shape index (κ3) is 3.84. The summed E-state index contributed by atoms with van der Waals surface area (Å²) in [5, 5.41) is 3.30. The van der Waals surface area contributed by atoms with Gasteiger partial charge in [0.05, 0.1) is 12.0 Å². The van der Waals surface area contributed by atoms with Crippen LogP contribution in [0.15, 0.2) is 24.5 Å². The van der Waals surface area contributed by atoms with Crippen molar-refractivity contribution >= 4 is 5.91 Å². The van der Waals surface area contributed by atoms with Gasteiger partial charge in [-0.05, 0) is 69.7 Å². The van der Waals surface area contributed by atoms with Crippen molar-refractivity contribution in [3.63, 3.8) is 0 Å². The third-order valence-electron chi connectivity index (χ3n) is 6.86. The highest BCUT2D eigenvalue weighted by Gasteiger charge is 2.37. The van der Waals surface area contributed by atoms with Gasteiger partial charge in [0.1, 0.15) is 0 Å². The number of rotatable bonds is 5. The fourth-order valence-electron chi connectivity index (χ4n) is 5.35. The highest BCUT2D eigenvalue weighted by atomic mass is 16.5. The first kappa shape index (κ1) is 18.1. The van der Waals surface area contributed by atoms with Crippen LogP contribution in [-0.4, -0.2) is 54.3 Å². The fourth-order valence-corrected chi connectivity index (χ4v) is 5.35. The molecule has 1 N–H and O–H groups in total. The Morgan fingerprint density at radius 1 is 1.08 bits per heavy atom. The standard InChI is InChI=1S/C21H33N3O2/c25-20(16-21(8-14-26-15-9-21)24-12-3-4-13-24)22-17-18-6-5-11-23-10-2-1-7-19(18)23/h3-4,12-13,18-19H,1-2,5-11,14-17H2,(H,22,25). The first-order valence-corrected chi connectivity index (χ1v) is 10.5. The lowest BCUT2D eigenvalue weighted by atomic mass is 9.83. The van der Waals surface area contributed by atoms with E-state index >= 15 is 0 Å². The van der Waals surface area contributed by atoms with Crippen molar-refractivity contribution in [2.24, 2.45) is 5.92 Å². The molecule has 3 aliphatic heterocycles. The molecule has 0 radical (unpaired) electrons. The topological polar surface area (TPSA) is 46.5 Å². The lowest BCUT2D eigenvalue weighted by Gasteiger charge is -2.44. The molecule has 26 heavy (non-hydrogen) atoms. The number of carbonyl (C=O) groups is 1. The minimum atomic E-state index is -0.116. The molecular weight excluding hydrogens is 326 g/mol. The summed E-state index contributed by atoms with van der Waals surface area (Å²) in [6.07, 6.45) is 13.1. The van der Waals surface area contributed by atoms with E-state index in [4.69, 9.17) is 4.74 Å². The van der Waals surface area contributed by atoms with Gasteiger partial charge in [-0.2, -0.15) is 0 Å². The second-order valence-electron chi connectivity index (χ2n) is 8.41. The van der Waals surface area contributed by atoms with Gasteiger partial charge in [-0.3, -0.25) is 4.79 Å². The summed E-state index contributed by atoms with van der Waals surface area (Å²) in [4.78, 5) is 15.5. The SMILES string of the molecule is O=C(CC1(n2cccc2)CCOCC1)NCC1CCCN2CCCCC12. The van der Waals surface area contributed by atoms with Gasteiger partial charge in [0.2, 0.25) is 5.91 Å². The first-order chi connectivity index (χ1) is 12.8. The number of piperidine rings is 2. The first-order valence-electron chi connectivity index (χ1n) is 10.5. The maximum atomic E-state index is 12.8. The molecular formula is C21H33N3O2. The number of nitrogens with zero attached hydrogens (tertiary/aromatic N) is 2. The Hall–Kier alpha value is -1.33. The normalized spacial score (nSPS) is 29.1. The average Bonchev–Trinajstić information content (AvgIpc) is 3.23. The Labute approximate surface area is 157 Å². The van der Waals surface area contributed by atoms with Gasteiger partial charge in [-0.25, -0.2) is 0 Å². The molecule has 1 aromatic rings. The van der Waals surface area contributed by atoms with Gasteiger partial charge in [0.25, 0.3) is 0 Å². The molecule has 144 valence electrons. The van der Waals surface area contributed by atoms with E-state index in [0.29, 0.717) is 18.4 Å². The highest BCUT2D eigenvalue weighted by Crippen LogP contribution is 2.33. The zero-order valence-electron chi connectivity index (χ0n) is 15.9. The van der Waals surface area contributed by atoms with Crippen LogP contribution in [-0.2, 0) is 15.1 Å². The minimum absolute atomic E-state index is 0.116. The molecule has 3 saturated heterocycles. The summed E-state index contributed by atoms with van der Waals surface area (Å²) < 4.78 is 7.80. The molecule has 2 unspecified atom stereocenters. The zero-order chi connectivity index (χ0) is 17.8. The highest BCUT2D eigenvalue weighted by molar-refractivity contribution is 5.77. The number of hydrogen-bond donors (Lipinski definition) is 1. The Balaban J connectivity index is 1.35. The van der Waals surface area contributed by atoms with Gasteiger partial charge in [-0.1, -0.05) is 6.42 Å². The van der Waals surface area contributed by atoms with Crippen molar-refractivity contribution in [2.45, 2.75) is 62.9 Å². The van der Waals surface area contributed by atoms with Gasteiger partial charge in [-0.15, -0.1) is 0 Å². The van der Waals surface area contributed by atoms with Gasteiger partial charge < -0.3 is 19.5 Å². The Morgan fingerprint density at radius 3 is 2.65 bits per heavy atom. The van der Waals surface area contributed by atoms with Crippen LogP contribution in [0.1, 0.15) is 51.4 Å². The summed E-state index contributed by atoms with van der Waals surface area (Å²) in [5.74, 6) is 0.832. The van der Waals surface area contributed by atoms with E-state index in [2.05, 4.69) is 39.3 Å². The van der Waals surface area contributed by atoms with Crippen molar-refractivity contribution in [2.75, 3.05) is 32.8 Å². The summed E-state index contributed by atoms with van der Waals surface area (Å²) in [7, 11) is 0. The van der Waals surface area contributed by atoms with E-state index in [1.807, 2.05) is 0 Å². The molecule has 0 saturated carbocycles. The Morgan fingerprint density at radius 2 is 1.85 bits per heavy atom. The average molecular weight is 360 g/mol. The van der Waals surface area contributed by atoms with Crippen LogP contribution in [0.25, 0.3) is 0 Å². The maximum absolute atomic E-state index is 12.8. The minimum Gasteiger partial charge on any atom is -0.381 e. The van der Waals surface area contributed by atoms with E-state index in [1.54, 1.807) is 0 Å². The molecule has 5 nitrogen and oxygen atoms in total. The Bertz CT molecular complexity index is 578. The van der Waals surface area contributed by atoms with E-state index < -0.39 is 0 Å². The summed E-state index contributed by atoms with van der Waals surface area (Å²) in [6, 6.07) is 4.79. The Kier molecular flexibility index (Phi) is 5.65. The van der Waals surface area contributed by atoms with Crippen LogP contribution in [0.5, 0.6) is 0 Å². The predicted octanol–water partition coefficient (Wildman–Crippen LogP) is 2.76. The molecule has 0 aromatic carbocycles. The van der Waals surface area contributed by atoms with E-state index in [-0.39, 0.29) is 11.4 Å². The monoisotopic (exact) mass is 359 g/mol. The molecule has 4 rings (SSSR count). The lowest BCUT2D eigenvalue weighted by molar-refractivity contribution is -0.125. The molecule has 3 fully saturated rings. The predicted molar refractivity (Wildman–Crippen MR) is 102 cm³/mol. The number of fused-ring (bicyclic) bond motifs is 1. The van der Waals surface area contributed by atoms with Gasteiger partial charge >= 0.3 is 0 Å². The van der Waals surface area contributed by atoms with Crippen molar-refractivity contribution in [1.82, 2.24) is 14.8 Å². The number of ether oxygens (including phenoxy) is 1. The molecule has 0 bridgehead atoms. The summed E-state index contributed by atoms with van der Waals surface area (Å²) >= 11 is 0. The van der Waals surface area contributed by atoms with E-state index in [1.165, 1.54) is 45.2 Å². The summed E-state index contributed by atoms with van der Waals surface area (Å²) in [5.41, 5.74) is -0.116. The molecule has 5 heteroatoms. The van der Waals surface area contributed by atoms with Crippen molar-refractivity contribution < 1.29 is 9.53 Å². The fraction of sp³-hybridized carbons (Fsp3) is 0.762. The van der Waals surface area contributed by atoms with Crippen molar-refractivity contribution in [3.05, 3.63) is 24.5 Å².